The van der Waals surface area contributed by atoms with E-state index in [4.69, 9.17) is 5.11 Å². The summed E-state index contributed by atoms with van der Waals surface area (Å²) in [6, 6.07) is 16.7. The second-order valence-electron chi connectivity index (χ2n) is 10.4. The van der Waals surface area contributed by atoms with Crippen molar-refractivity contribution < 1.29 is 9.90 Å². The van der Waals surface area contributed by atoms with Crippen molar-refractivity contribution in [1.29, 1.82) is 0 Å². The van der Waals surface area contributed by atoms with Gasteiger partial charge in [0.1, 0.15) is 0 Å². The maximum atomic E-state index is 11.1. The summed E-state index contributed by atoms with van der Waals surface area (Å²) in [5.41, 5.74) is 3.81. The van der Waals surface area contributed by atoms with Crippen LogP contribution in [0, 0.1) is 11.8 Å². The number of piperazine rings is 1. The van der Waals surface area contributed by atoms with Crippen LogP contribution in [0.1, 0.15) is 68.1 Å². The molecule has 0 amide bonds. The fraction of sp³-hybridized carbons (Fsp3) is 0.552. The van der Waals surface area contributed by atoms with Crippen molar-refractivity contribution >= 4 is 11.7 Å². The summed E-state index contributed by atoms with van der Waals surface area (Å²) in [6.07, 6.45) is 13.2. The molecule has 5 rings (SSSR count). The first kappa shape index (κ1) is 22.5. The maximum absolute atomic E-state index is 11.1. The Morgan fingerprint density at radius 3 is 1.79 bits per heavy atom. The zero-order valence-corrected chi connectivity index (χ0v) is 19.8. The van der Waals surface area contributed by atoms with Crippen LogP contribution in [-0.2, 0) is 0 Å². The second-order valence-corrected chi connectivity index (χ2v) is 10.4. The van der Waals surface area contributed by atoms with E-state index < -0.39 is 5.97 Å². The smallest absolute Gasteiger partial charge is 0.335 e. The van der Waals surface area contributed by atoms with Crippen molar-refractivity contribution in [3.63, 3.8) is 0 Å². The number of aromatic carboxylic acids is 1. The van der Waals surface area contributed by atoms with Crippen LogP contribution >= 0.6 is 0 Å². The van der Waals surface area contributed by atoms with Gasteiger partial charge in [-0.1, -0.05) is 56.4 Å². The maximum Gasteiger partial charge on any atom is 0.335 e. The fourth-order valence-electron chi connectivity index (χ4n) is 6.56. The minimum absolute atomic E-state index is 0.329. The number of carboxylic acid groups (broad SMARTS) is 1. The van der Waals surface area contributed by atoms with E-state index in [0.717, 1.165) is 42.1 Å². The molecule has 2 aromatic rings. The van der Waals surface area contributed by atoms with E-state index >= 15 is 0 Å². The minimum Gasteiger partial charge on any atom is -0.478 e. The largest absolute Gasteiger partial charge is 0.478 e. The van der Waals surface area contributed by atoms with Gasteiger partial charge >= 0.3 is 5.97 Å². The van der Waals surface area contributed by atoms with Gasteiger partial charge in [0.15, 0.2) is 0 Å². The van der Waals surface area contributed by atoms with Crippen LogP contribution in [0.4, 0.5) is 5.69 Å². The monoisotopic (exact) mass is 446 g/mol. The highest BCUT2D eigenvalue weighted by Crippen LogP contribution is 2.39. The molecule has 4 nitrogen and oxygen atoms in total. The number of carboxylic acids is 1. The van der Waals surface area contributed by atoms with Gasteiger partial charge < -0.3 is 10.0 Å². The molecule has 176 valence electrons. The molecule has 1 aliphatic heterocycles. The molecule has 0 spiro atoms. The Bertz CT molecular complexity index is 902. The van der Waals surface area contributed by atoms with E-state index in [2.05, 4.69) is 34.1 Å². The van der Waals surface area contributed by atoms with Gasteiger partial charge in [0.05, 0.1) is 5.56 Å². The number of hydrogen-bond donors (Lipinski definition) is 1. The molecule has 0 radical (unpaired) electrons. The van der Waals surface area contributed by atoms with Crippen molar-refractivity contribution in [2.24, 2.45) is 11.8 Å². The molecule has 1 saturated heterocycles. The summed E-state index contributed by atoms with van der Waals surface area (Å²) in [4.78, 5) is 16.3. The Kier molecular flexibility index (Phi) is 7.01. The first-order chi connectivity index (χ1) is 16.2. The van der Waals surface area contributed by atoms with E-state index in [0.29, 0.717) is 5.56 Å². The molecule has 3 fully saturated rings. The van der Waals surface area contributed by atoms with Crippen LogP contribution in [0.2, 0.25) is 0 Å². The van der Waals surface area contributed by atoms with E-state index in [1.54, 1.807) is 12.1 Å². The lowest BCUT2D eigenvalue weighted by atomic mass is 9.72. The van der Waals surface area contributed by atoms with E-state index in [1.807, 2.05) is 12.1 Å². The molecule has 33 heavy (non-hydrogen) atoms. The normalized spacial score (nSPS) is 25.2. The predicted molar refractivity (Wildman–Crippen MR) is 135 cm³/mol. The van der Waals surface area contributed by atoms with Crippen LogP contribution in [0.3, 0.4) is 0 Å². The molecule has 4 heteroatoms. The van der Waals surface area contributed by atoms with Gasteiger partial charge in [-0.25, -0.2) is 4.79 Å². The molecule has 2 aromatic carbocycles. The predicted octanol–water partition coefficient (Wildman–Crippen LogP) is 6.31. The minimum atomic E-state index is -0.881. The SMILES string of the molecule is O=C(O)c1ccc(-c2ccc(N3CCN([C@H]4CC[C@H](C5CCCCC5)CC4)CC3)cc2)cc1. The standard InChI is InChI=1S/C29H38N2O2/c32-29(33)26-8-6-23(7-9-26)25-12-16-28(17-13-25)31-20-18-30(19-21-31)27-14-10-24(11-15-27)22-4-2-1-3-5-22/h6-9,12-13,16-17,22,24,27H,1-5,10-11,14-15,18-21H2,(H,32,33)/t24-,27-. The van der Waals surface area contributed by atoms with E-state index in [9.17, 15) is 4.79 Å². The molecule has 2 saturated carbocycles. The zero-order valence-electron chi connectivity index (χ0n) is 19.8. The average Bonchev–Trinajstić information content (AvgIpc) is 2.90. The van der Waals surface area contributed by atoms with Gasteiger partial charge in [-0.05, 0) is 72.9 Å². The highest BCUT2D eigenvalue weighted by Gasteiger charge is 2.32. The molecular weight excluding hydrogens is 408 g/mol. The summed E-state index contributed by atoms with van der Waals surface area (Å²) in [7, 11) is 0. The van der Waals surface area contributed by atoms with Crippen LogP contribution in [-0.4, -0.2) is 48.2 Å². The van der Waals surface area contributed by atoms with Crippen LogP contribution in [0.25, 0.3) is 11.1 Å². The zero-order chi connectivity index (χ0) is 22.6. The highest BCUT2D eigenvalue weighted by molar-refractivity contribution is 5.88. The molecular formula is C29H38N2O2. The quantitative estimate of drug-likeness (QED) is 0.584. The Morgan fingerprint density at radius 1 is 0.667 bits per heavy atom. The Labute approximate surface area is 198 Å². The highest BCUT2D eigenvalue weighted by atomic mass is 16.4. The Hall–Kier alpha value is -2.33. The van der Waals surface area contributed by atoms with Gasteiger partial charge in [0.2, 0.25) is 0 Å². The van der Waals surface area contributed by atoms with Gasteiger partial charge in [-0.15, -0.1) is 0 Å². The van der Waals surface area contributed by atoms with Crippen molar-refractivity contribution in [1.82, 2.24) is 4.90 Å². The van der Waals surface area contributed by atoms with E-state index in [1.165, 1.54) is 76.6 Å². The third-order valence-corrected chi connectivity index (χ3v) is 8.59. The molecule has 0 bridgehead atoms. The molecule has 3 aliphatic rings. The van der Waals surface area contributed by atoms with Gasteiger partial charge in [0, 0.05) is 37.9 Å². The lowest BCUT2D eigenvalue weighted by Gasteiger charge is -2.44. The number of nitrogens with zero attached hydrogens (tertiary/aromatic N) is 2. The molecule has 1 N–H and O–H groups in total. The van der Waals surface area contributed by atoms with Gasteiger partial charge in [-0.2, -0.15) is 0 Å². The fourth-order valence-corrected chi connectivity index (χ4v) is 6.56. The molecule has 1 heterocycles. The average molecular weight is 447 g/mol. The molecule has 0 unspecified atom stereocenters. The van der Waals surface area contributed by atoms with Crippen LogP contribution in [0.5, 0.6) is 0 Å². The number of rotatable bonds is 5. The molecule has 2 aliphatic carbocycles. The van der Waals surface area contributed by atoms with Gasteiger partial charge in [-0.3, -0.25) is 4.90 Å². The summed E-state index contributed by atoms with van der Waals surface area (Å²) in [5, 5.41) is 9.09. The lowest BCUT2D eigenvalue weighted by Crippen LogP contribution is -2.51. The third-order valence-electron chi connectivity index (χ3n) is 8.59. The third kappa shape index (κ3) is 5.27. The molecule has 0 atom stereocenters. The van der Waals surface area contributed by atoms with Crippen molar-refractivity contribution in [3.05, 3.63) is 54.1 Å². The number of benzene rings is 2. The number of hydrogen-bond acceptors (Lipinski definition) is 3. The first-order valence-corrected chi connectivity index (χ1v) is 13.1. The summed E-state index contributed by atoms with van der Waals surface area (Å²) in [6.45, 7) is 4.57. The van der Waals surface area contributed by atoms with Gasteiger partial charge in [0.25, 0.3) is 0 Å². The second kappa shape index (κ2) is 10.3. The summed E-state index contributed by atoms with van der Waals surface area (Å²) < 4.78 is 0. The number of carbonyl (C=O) groups is 1. The lowest BCUT2D eigenvalue weighted by molar-refractivity contribution is 0.0697. The Morgan fingerprint density at radius 2 is 1.21 bits per heavy atom. The van der Waals surface area contributed by atoms with Crippen molar-refractivity contribution in [2.45, 2.75) is 63.8 Å². The van der Waals surface area contributed by atoms with E-state index in [-0.39, 0.29) is 0 Å². The summed E-state index contributed by atoms with van der Waals surface area (Å²) >= 11 is 0. The Balaban J connectivity index is 1.11. The van der Waals surface area contributed by atoms with Crippen LogP contribution in [0.15, 0.2) is 48.5 Å². The topological polar surface area (TPSA) is 43.8 Å². The number of anilines is 1. The first-order valence-electron chi connectivity index (χ1n) is 13.1. The van der Waals surface area contributed by atoms with Crippen molar-refractivity contribution in [2.75, 3.05) is 31.1 Å². The van der Waals surface area contributed by atoms with Crippen molar-refractivity contribution in [3.8, 4) is 11.1 Å². The van der Waals surface area contributed by atoms with Crippen LogP contribution < -0.4 is 4.90 Å². The summed E-state index contributed by atoms with van der Waals surface area (Å²) in [5.74, 6) is 1.17. The molecule has 0 aromatic heterocycles.